The fourth-order valence-electron chi connectivity index (χ4n) is 1.44. The molecule has 1 aromatic carbocycles. The molecule has 1 aliphatic rings. The van der Waals surface area contributed by atoms with Gasteiger partial charge in [0.25, 0.3) is 0 Å². The highest BCUT2D eigenvalue weighted by Gasteiger charge is 2.17. The van der Waals surface area contributed by atoms with Gasteiger partial charge in [0, 0.05) is 6.07 Å². The van der Waals surface area contributed by atoms with E-state index in [0.717, 1.165) is 0 Å². The lowest BCUT2D eigenvalue weighted by atomic mass is 9.86. The second kappa shape index (κ2) is 4.18. The lowest BCUT2D eigenvalue weighted by molar-refractivity contribution is 0.180. The molecule has 0 saturated heterocycles. The van der Waals surface area contributed by atoms with Crippen LogP contribution < -0.4 is 4.74 Å². The molecule has 14 heavy (non-hydrogen) atoms. The number of rotatable bonds is 3. The van der Waals surface area contributed by atoms with Gasteiger partial charge in [0.2, 0.25) is 0 Å². The van der Waals surface area contributed by atoms with Crippen LogP contribution in [-0.4, -0.2) is 6.61 Å². The summed E-state index contributed by atoms with van der Waals surface area (Å²) in [7, 11) is 0. The molecule has 0 unspecified atom stereocenters. The van der Waals surface area contributed by atoms with Crippen LogP contribution >= 0.6 is 11.6 Å². The number of ether oxygens (including phenoxy) is 1. The van der Waals surface area contributed by atoms with E-state index in [4.69, 9.17) is 16.3 Å². The van der Waals surface area contributed by atoms with Gasteiger partial charge in [-0.15, -0.1) is 0 Å². The predicted molar refractivity (Wildman–Crippen MR) is 54.2 cm³/mol. The smallest absolute Gasteiger partial charge is 0.145 e. The summed E-state index contributed by atoms with van der Waals surface area (Å²) >= 11 is 5.55. The van der Waals surface area contributed by atoms with Crippen molar-refractivity contribution in [1.82, 2.24) is 0 Å². The maximum Gasteiger partial charge on any atom is 0.145 e. The summed E-state index contributed by atoms with van der Waals surface area (Å²) in [4.78, 5) is 0. The van der Waals surface area contributed by atoms with Crippen molar-refractivity contribution in [3.8, 4) is 5.75 Å². The second-order valence-electron chi connectivity index (χ2n) is 3.68. The summed E-state index contributed by atoms with van der Waals surface area (Å²) in [5.74, 6) is 0.810. The molecule has 0 bridgehead atoms. The molecule has 1 aliphatic carbocycles. The monoisotopic (exact) mass is 214 g/mol. The molecule has 1 aromatic rings. The van der Waals surface area contributed by atoms with E-state index in [1.807, 2.05) is 0 Å². The first-order valence-corrected chi connectivity index (χ1v) is 5.21. The molecule has 1 nitrogen and oxygen atoms in total. The third kappa shape index (κ3) is 2.18. The Morgan fingerprint density at radius 3 is 2.79 bits per heavy atom. The molecule has 0 radical (unpaired) electrons. The average molecular weight is 215 g/mol. The fourth-order valence-corrected chi connectivity index (χ4v) is 1.56. The maximum atomic E-state index is 13.0. The maximum absolute atomic E-state index is 13.0. The summed E-state index contributed by atoms with van der Waals surface area (Å²) in [6.45, 7) is 0.696. The summed E-state index contributed by atoms with van der Waals surface area (Å²) in [6, 6.07) is 4.55. The first-order chi connectivity index (χ1) is 6.75. The largest absolute Gasteiger partial charge is 0.493 e. The van der Waals surface area contributed by atoms with E-state index in [1.165, 1.54) is 31.4 Å². The van der Waals surface area contributed by atoms with Crippen LogP contribution in [0.5, 0.6) is 5.75 Å². The van der Waals surface area contributed by atoms with Gasteiger partial charge in [0.15, 0.2) is 0 Å². The quantitative estimate of drug-likeness (QED) is 0.746. The predicted octanol–water partition coefficient (Wildman–Crippen LogP) is 3.66. The van der Waals surface area contributed by atoms with Crippen LogP contribution in [0.25, 0.3) is 0 Å². The highest BCUT2D eigenvalue weighted by atomic mass is 35.5. The van der Waals surface area contributed by atoms with Crippen LogP contribution in [0.2, 0.25) is 5.02 Å². The van der Waals surface area contributed by atoms with Gasteiger partial charge in [-0.25, -0.2) is 4.39 Å². The minimum atomic E-state index is -0.419. The van der Waals surface area contributed by atoms with E-state index in [2.05, 4.69) is 0 Å². The highest BCUT2D eigenvalue weighted by Crippen LogP contribution is 2.27. The van der Waals surface area contributed by atoms with Gasteiger partial charge in [-0.2, -0.15) is 0 Å². The van der Waals surface area contributed by atoms with Crippen molar-refractivity contribution in [3.63, 3.8) is 0 Å². The van der Waals surface area contributed by atoms with Gasteiger partial charge in [-0.3, -0.25) is 0 Å². The third-order valence-corrected chi connectivity index (χ3v) is 2.91. The van der Waals surface area contributed by atoms with Crippen LogP contribution in [0.3, 0.4) is 0 Å². The Balaban J connectivity index is 1.91. The molecular weight excluding hydrogens is 203 g/mol. The van der Waals surface area contributed by atoms with Gasteiger partial charge in [-0.1, -0.05) is 18.0 Å². The Morgan fingerprint density at radius 2 is 2.21 bits per heavy atom. The second-order valence-corrected chi connectivity index (χ2v) is 4.09. The Morgan fingerprint density at radius 1 is 1.43 bits per heavy atom. The molecule has 3 heteroatoms. The van der Waals surface area contributed by atoms with Crippen molar-refractivity contribution in [2.24, 2.45) is 5.92 Å². The number of halogens is 2. The Hall–Kier alpha value is -0.760. The molecule has 76 valence electrons. The van der Waals surface area contributed by atoms with Gasteiger partial charge in [0.1, 0.15) is 11.6 Å². The Labute approximate surface area is 87.8 Å². The zero-order chi connectivity index (χ0) is 9.97. The summed E-state index contributed by atoms with van der Waals surface area (Å²) < 4.78 is 18.4. The van der Waals surface area contributed by atoms with E-state index in [0.29, 0.717) is 18.3 Å². The van der Waals surface area contributed by atoms with Crippen molar-refractivity contribution in [2.45, 2.75) is 19.3 Å². The molecule has 0 N–H and O–H groups in total. The molecule has 1 fully saturated rings. The van der Waals surface area contributed by atoms with Gasteiger partial charge < -0.3 is 4.74 Å². The zero-order valence-corrected chi connectivity index (χ0v) is 8.56. The molecule has 0 amide bonds. The lowest BCUT2D eigenvalue weighted by Crippen LogP contribution is -2.19. The molecule has 0 aliphatic heterocycles. The van der Waals surface area contributed by atoms with E-state index in [9.17, 15) is 4.39 Å². The van der Waals surface area contributed by atoms with E-state index >= 15 is 0 Å². The van der Waals surface area contributed by atoms with Crippen LogP contribution in [0.1, 0.15) is 19.3 Å². The number of benzene rings is 1. The van der Waals surface area contributed by atoms with Crippen molar-refractivity contribution < 1.29 is 9.13 Å². The molecule has 0 spiro atoms. The van der Waals surface area contributed by atoms with E-state index in [1.54, 1.807) is 6.07 Å². The molecular formula is C11H12ClFO. The minimum Gasteiger partial charge on any atom is -0.493 e. The topological polar surface area (TPSA) is 9.23 Å². The Kier molecular flexibility index (Phi) is 2.92. The molecule has 2 rings (SSSR count). The van der Waals surface area contributed by atoms with Crippen molar-refractivity contribution >= 4 is 11.6 Å². The normalized spacial score (nSPS) is 16.4. The SMILES string of the molecule is Fc1cc(OCC2CCC2)ccc1Cl. The summed E-state index contributed by atoms with van der Waals surface area (Å²) in [5.41, 5.74) is 0. The van der Waals surface area contributed by atoms with Gasteiger partial charge in [-0.05, 0) is 30.9 Å². The minimum absolute atomic E-state index is 0.140. The van der Waals surface area contributed by atoms with E-state index < -0.39 is 5.82 Å². The van der Waals surface area contributed by atoms with E-state index in [-0.39, 0.29) is 5.02 Å². The average Bonchev–Trinajstić information content (AvgIpc) is 2.08. The zero-order valence-electron chi connectivity index (χ0n) is 7.80. The van der Waals surface area contributed by atoms with Crippen molar-refractivity contribution in [2.75, 3.05) is 6.61 Å². The number of hydrogen-bond donors (Lipinski definition) is 0. The van der Waals surface area contributed by atoms with Crippen molar-refractivity contribution in [1.29, 1.82) is 0 Å². The Bertz CT molecular complexity index is 323. The molecule has 0 heterocycles. The van der Waals surface area contributed by atoms with Crippen LogP contribution in [-0.2, 0) is 0 Å². The van der Waals surface area contributed by atoms with Gasteiger partial charge in [0.05, 0.1) is 11.6 Å². The fraction of sp³-hybridized carbons (Fsp3) is 0.455. The van der Waals surface area contributed by atoms with Crippen molar-refractivity contribution in [3.05, 3.63) is 29.0 Å². The van der Waals surface area contributed by atoms with Gasteiger partial charge >= 0.3 is 0 Å². The van der Waals surface area contributed by atoms with Crippen LogP contribution in [0, 0.1) is 11.7 Å². The molecule has 0 aromatic heterocycles. The number of hydrogen-bond acceptors (Lipinski definition) is 1. The molecule has 0 atom stereocenters. The molecule has 1 saturated carbocycles. The lowest BCUT2D eigenvalue weighted by Gasteiger charge is -2.25. The summed E-state index contributed by atoms with van der Waals surface area (Å²) in [5, 5.41) is 0.140. The first-order valence-electron chi connectivity index (χ1n) is 4.83. The summed E-state index contributed by atoms with van der Waals surface area (Å²) in [6.07, 6.45) is 3.76. The first kappa shape index (κ1) is 9.78. The standard InChI is InChI=1S/C11H12ClFO/c12-10-5-4-9(6-11(10)13)14-7-8-2-1-3-8/h4-6,8H,1-3,7H2. The van der Waals surface area contributed by atoms with Crippen LogP contribution in [0.15, 0.2) is 18.2 Å². The highest BCUT2D eigenvalue weighted by molar-refractivity contribution is 6.30. The van der Waals surface area contributed by atoms with Crippen LogP contribution in [0.4, 0.5) is 4.39 Å². The third-order valence-electron chi connectivity index (χ3n) is 2.60.